The summed E-state index contributed by atoms with van der Waals surface area (Å²) < 4.78 is 13.5. The molecule has 0 aromatic heterocycles. The average molecular weight is 242 g/mol. The zero-order valence-electron chi connectivity index (χ0n) is 11.0. The van der Waals surface area contributed by atoms with Crippen LogP contribution in [0.15, 0.2) is 65.0 Å². The second kappa shape index (κ2) is 5.84. The lowest BCUT2D eigenvalue weighted by Crippen LogP contribution is -2.07. The molecule has 0 radical (unpaired) electrons. The van der Waals surface area contributed by atoms with E-state index >= 15 is 0 Å². The van der Waals surface area contributed by atoms with E-state index in [2.05, 4.69) is 30.9 Å². The fourth-order valence-electron chi connectivity index (χ4n) is 2.20. The van der Waals surface area contributed by atoms with E-state index < -0.39 is 6.17 Å². The largest absolute Gasteiger partial charge is 0.247 e. The van der Waals surface area contributed by atoms with Gasteiger partial charge < -0.3 is 0 Å². The van der Waals surface area contributed by atoms with Crippen LogP contribution in [0.25, 0.3) is 0 Å². The fourth-order valence-corrected chi connectivity index (χ4v) is 2.20. The predicted molar refractivity (Wildman–Crippen MR) is 75.0 cm³/mol. The minimum Gasteiger partial charge on any atom is -0.247 e. The van der Waals surface area contributed by atoms with Crippen LogP contribution >= 0.6 is 0 Å². The average Bonchev–Trinajstić information content (AvgIpc) is 2.68. The molecule has 0 fully saturated rings. The van der Waals surface area contributed by atoms with E-state index in [0.717, 1.165) is 24.0 Å². The predicted octanol–water partition coefficient (Wildman–Crippen LogP) is 4.83. The number of alkyl halides is 1. The van der Waals surface area contributed by atoms with Crippen molar-refractivity contribution in [2.24, 2.45) is 5.92 Å². The number of rotatable bonds is 2. The number of hydrogen-bond acceptors (Lipinski definition) is 0. The second-order valence-corrected chi connectivity index (χ2v) is 4.85. The van der Waals surface area contributed by atoms with Crippen molar-refractivity contribution in [3.63, 3.8) is 0 Å². The SMILES string of the molecule is CC1=C=C(C2=CC(C(C)F)C=CC=C2)CCC=C1. The van der Waals surface area contributed by atoms with E-state index in [1.165, 1.54) is 5.57 Å². The van der Waals surface area contributed by atoms with Gasteiger partial charge in [0, 0.05) is 11.5 Å². The smallest absolute Gasteiger partial charge is 0.107 e. The molecule has 0 amide bonds. The Labute approximate surface area is 109 Å². The first-order chi connectivity index (χ1) is 8.66. The monoisotopic (exact) mass is 242 g/mol. The van der Waals surface area contributed by atoms with Crippen LogP contribution < -0.4 is 0 Å². The molecule has 1 heteroatoms. The quantitative estimate of drug-likeness (QED) is 0.608. The first-order valence-electron chi connectivity index (χ1n) is 6.51. The molecule has 0 saturated carbocycles. The van der Waals surface area contributed by atoms with Gasteiger partial charge in [-0.15, -0.1) is 5.73 Å². The highest BCUT2D eigenvalue weighted by Crippen LogP contribution is 2.25. The van der Waals surface area contributed by atoms with E-state index in [1.807, 2.05) is 24.3 Å². The third-order valence-electron chi connectivity index (χ3n) is 3.25. The summed E-state index contributed by atoms with van der Waals surface area (Å²) in [5.74, 6) is -0.138. The Hall–Kier alpha value is -1.59. The molecule has 18 heavy (non-hydrogen) atoms. The third-order valence-corrected chi connectivity index (χ3v) is 3.25. The highest BCUT2D eigenvalue weighted by molar-refractivity contribution is 5.45. The zero-order valence-corrected chi connectivity index (χ0v) is 11.0. The summed E-state index contributed by atoms with van der Waals surface area (Å²) in [4.78, 5) is 0. The van der Waals surface area contributed by atoms with E-state index in [1.54, 1.807) is 6.92 Å². The molecular formula is C17H19F. The van der Waals surface area contributed by atoms with E-state index in [-0.39, 0.29) is 5.92 Å². The van der Waals surface area contributed by atoms with Crippen molar-refractivity contribution in [2.75, 3.05) is 0 Å². The zero-order chi connectivity index (χ0) is 13.0. The van der Waals surface area contributed by atoms with Gasteiger partial charge in [0.1, 0.15) is 6.17 Å². The lowest BCUT2D eigenvalue weighted by atomic mass is 9.96. The summed E-state index contributed by atoms with van der Waals surface area (Å²) in [6.07, 6.45) is 15.3. The Morgan fingerprint density at radius 2 is 2.17 bits per heavy atom. The normalized spacial score (nSPS) is 24.8. The van der Waals surface area contributed by atoms with E-state index in [4.69, 9.17) is 0 Å². The molecule has 0 saturated heterocycles. The van der Waals surface area contributed by atoms with Crippen LogP contribution in [0.1, 0.15) is 26.7 Å². The molecule has 0 heterocycles. The highest BCUT2D eigenvalue weighted by atomic mass is 19.1. The molecule has 2 atom stereocenters. The number of allylic oxidation sites excluding steroid dienone is 9. The van der Waals surface area contributed by atoms with Gasteiger partial charge in [-0.3, -0.25) is 0 Å². The first kappa shape index (κ1) is 12.9. The van der Waals surface area contributed by atoms with Gasteiger partial charge in [-0.05, 0) is 37.8 Å². The molecule has 0 aliphatic heterocycles. The van der Waals surface area contributed by atoms with Gasteiger partial charge in [0.05, 0.1) is 0 Å². The summed E-state index contributed by atoms with van der Waals surface area (Å²) >= 11 is 0. The number of halogens is 1. The highest BCUT2D eigenvalue weighted by Gasteiger charge is 2.14. The van der Waals surface area contributed by atoms with Crippen LogP contribution in [0.3, 0.4) is 0 Å². The van der Waals surface area contributed by atoms with Gasteiger partial charge in [0.2, 0.25) is 0 Å². The Kier molecular flexibility index (Phi) is 4.17. The fraction of sp³-hybridized carbons (Fsp3) is 0.353. The molecule has 0 aromatic carbocycles. The van der Waals surface area contributed by atoms with Crippen molar-refractivity contribution in [2.45, 2.75) is 32.9 Å². The van der Waals surface area contributed by atoms with Gasteiger partial charge in [-0.25, -0.2) is 4.39 Å². The van der Waals surface area contributed by atoms with E-state index in [9.17, 15) is 4.39 Å². The Morgan fingerprint density at radius 3 is 2.94 bits per heavy atom. The molecular weight excluding hydrogens is 223 g/mol. The Morgan fingerprint density at radius 1 is 1.33 bits per heavy atom. The molecule has 0 N–H and O–H groups in total. The second-order valence-electron chi connectivity index (χ2n) is 4.85. The van der Waals surface area contributed by atoms with Gasteiger partial charge in [-0.1, -0.05) is 42.5 Å². The number of hydrogen-bond donors (Lipinski definition) is 0. The van der Waals surface area contributed by atoms with Gasteiger partial charge in [-0.2, -0.15) is 0 Å². The molecule has 0 bridgehead atoms. The van der Waals surface area contributed by atoms with Crippen molar-refractivity contribution < 1.29 is 4.39 Å². The van der Waals surface area contributed by atoms with Crippen LogP contribution in [0.4, 0.5) is 4.39 Å². The molecule has 2 rings (SSSR count). The minimum absolute atomic E-state index is 0.138. The molecule has 2 aliphatic carbocycles. The van der Waals surface area contributed by atoms with Crippen LogP contribution in [0.2, 0.25) is 0 Å². The minimum atomic E-state index is -0.856. The Bertz CT molecular complexity index is 492. The van der Waals surface area contributed by atoms with Gasteiger partial charge in [0.25, 0.3) is 0 Å². The summed E-state index contributed by atoms with van der Waals surface area (Å²) in [5.41, 5.74) is 6.84. The van der Waals surface area contributed by atoms with E-state index in [0.29, 0.717) is 0 Å². The molecule has 0 aromatic rings. The van der Waals surface area contributed by atoms with Gasteiger partial charge >= 0.3 is 0 Å². The Balaban J connectivity index is 2.38. The standard InChI is InChI=1S/C17H19F/c1-13-7-3-4-9-16(11-13)17-10-6-5-8-15(12-17)14(2)18/h3,5-8,10,12,14-15H,4,9H2,1-2H3. The van der Waals surface area contributed by atoms with Crippen LogP contribution in [-0.4, -0.2) is 6.17 Å². The molecule has 0 spiro atoms. The lowest BCUT2D eigenvalue weighted by Gasteiger charge is -2.11. The van der Waals surface area contributed by atoms with Crippen molar-refractivity contribution in [3.05, 3.63) is 65.0 Å². The summed E-state index contributed by atoms with van der Waals surface area (Å²) in [6, 6.07) is 0. The van der Waals surface area contributed by atoms with Crippen LogP contribution in [-0.2, 0) is 0 Å². The summed E-state index contributed by atoms with van der Waals surface area (Å²) in [6.45, 7) is 3.66. The van der Waals surface area contributed by atoms with Crippen molar-refractivity contribution in [3.8, 4) is 0 Å². The lowest BCUT2D eigenvalue weighted by molar-refractivity contribution is 0.319. The molecule has 0 nitrogen and oxygen atoms in total. The summed E-state index contributed by atoms with van der Waals surface area (Å²) in [5, 5.41) is 0. The maximum absolute atomic E-state index is 13.5. The molecule has 94 valence electrons. The molecule has 2 aliphatic rings. The van der Waals surface area contributed by atoms with Crippen LogP contribution in [0, 0.1) is 5.92 Å². The van der Waals surface area contributed by atoms with Gasteiger partial charge in [0.15, 0.2) is 0 Å². The first-order valence-corrected chi connectivity index (χ1v) is 6.51. The van der Waals surface area contributed by atoms with Crippen molar-refractivity contribution in [1.82, 2.24) is 0 Å². The topological polar surface area (TPSA) is 0 Å². The maximum atomic E-state index is 13.5. The molecule has 2 unspecified atom stereocenters. The summed E-state index contributed by atoms with van der Waals surface area (Å²) in [7, 11) is 0. The third kappa shape index (κ3) is 3.21. The van der Waals surface area contributed by atoms with Crippen LogP contribution in [0.5, 0.6) is 0 Å². The van der Waals surface area contributed by atoms with Crippen molar-refractivity contribution in [1.29, 1.82) is 0 Å². The van der Waals surface area contributed by atoms with Crippen molar-refractivity contribution >= 4 is 0 Å². The maximum Gasteiger partial charge on any atom is 0.107 e.